The number of carbonyl (C=O) groups excluding carboxylic acids is 1. The molecule has 1 N–H and O–H groups in total. The molecule has 6 heteroatoms. The zero-order valence-corrected chi connectivity index (χ0v) is 18.6. The standard InChI is InChI=1S/C25H28N2O3S/c1-29-22-9-6-20(7-10-22)24(27-12-14-30-15-13-27)17-26-25(28)18-31-23-11-8-19-4-2-3-5-21(19)16-23/h2-11,16,24H,12-15,17-18H2,1H3,(H,26,28)/t24-/m0/s1. The summed E-state index contributed by atoms with van der Waals surface area (Å²) in [6.45, 7) is 3.73. The minimum absolute atomic E-state index is 0.0462. The highest BCUT2D eigenvalue weighted by molar-refractivity contribution is 8.00. The van der Waals surface area contributed by atoms with E-state index in [4.69, 9.17) is 9.47 Å². The van der Waals surface area contributed by atoms with E-state index in [2.05, 4.69) is 52.7 Å². The molecule has 0 saturated carbocycles. The van der Waals surface area contributed by atoms with Crippen molar-refractivity contribution >= 4 is 28.4 Å². The molecule has 0 spiro atoms. The van der Waals surface area contributed by atoms with Crippen molar-refractivity contribution in [2.24, 2.45) is 0 Å². The van der Waals surface area contributed by atoms with Crippen LogP contribution in [0, 0.1) is 0 Å². The second-order valence-corrected chi connectivity index (χ2v) is 8.59. The van der Waals surface area contributed by atoms with Gasteiger partial charge < -0.3 is 14.8 Å². The van der Waals surface area contributed by atoms with Crippen molar-refractivity contribution in [3.63, 3.8) is 0 Å². The Labute approximate surface area is 187 Å². The molecule has 3 aromatic rings. The van der Waals surface area contributed by atoms with Gasteiger partial charge in [-0.25, -0.2) is 0 Å². The largest absolute Gasteiger partial charge is 0.497 e. The van der Waals surface area contributed by atoms with Crippen molar-refractivity contribution in [1.29, 1.82) is 0 Å². The summed E-state index contributed by atoms with van der Waals surface area (Å²) in [6.07, 6.45) is 0. The number of methoxy groups -OCH3 is 1. The van der Waals surface area contributed by atoms with Crippen LogP contribution in [0.1, 0.15) is 11.6 Å². The van der Waals surface area contributed by atoms with Gasteiger partial charge in [0.15, 0.2) is 0 Å². The number of ether oxygens (including phenoxy) is 2. The summed E-state index contributed by atoms with van der Waals surface area (Å²) in [6, 6.07) is 22.8. The number of thioether (sulfide) groups is 1. The van der Waals surface area contributed by atoms with Gasteiger partial charge in [0.2, 0.25) is 5.91 Å². The van der Waals surface area contributed by atoms with Crippen LogP contribution in [0.2, 0.25) is 0 Å². The zero-order valence-electron chi connectivity index (χ0n) is 17.8. The van der Waals surface area contributed by atoms with E-state index < -0.39 is 0 Å². The average Bonchev–Trinajstić information content (AvgIpc) is 2.84. The predicted molar refractivity (Wildman–Crippen MR) is 126 cm³/mol. The predicted octanol–water partition coefficient (Wildman–Crippen LogP) is 4.13. The maximum absolute atomic E-state index is 12.6. The lowest BCUT2D eigenvalue weighted by Gasteiger charge is -2.35. The highest BCUT2D eigenvalue weighted by atomic mass is 32.2. The fourth-order valence-corrected chi connectivity index (χ4v) is 4.61. The third-order valence-corrected chi connectivity index (χ3v) is 6.56. The first-order chi connectivity index (χ1) is 15.2. The minimum Gasteiger partial charge on any atom is -0.497 e. The molecule has 4 rings (SSSR count). The monoisotopic (exact) mass is 436 g/mol. The summed E-state index contributed by atoms with van der Waals surface area (Å²) in [5.41, 5.74) is 1.17. The number of hydrogen-bond acceptors (Lipinski definition) is 5. The normalized spacial score (nSPS) is 15.5. The highest BCUT2D eigenvalue weighted by Gasteiger charge is 2.23. The van der Waals surface area contributed by atoms with Gasteiger partial charge in [-0.1, -0.05) is 42.5 Å². The van der Waals surface area contributed by atoms with Crippen molar-refractivity contribution in [3.05, 3.63) is 72.3 Å². The van der Waals surface area contributed by atoms with Gasteiger partial charge in [-0.2, -0.15) is 0 Å². The molecule has 1 aliphatic rings. The quantitative estimate of drug-likeness (QED) is 0.538. The number of rotatable bonds is 8. The maximum atomic E-state index is 12.6. The van der Waals surface area contributed by atoms with Crippen LogP contribution >= 0.6 is 11.8 Å². The number of fused-ring (bicyclic) bond motifs is 1. The molecule has 0 aliphatic carbocycles. The van der Waals surface area contributed by atoms with E-state index in [1.54, 1.807) is 18.9 Å². The first-order valence-corrected chi connectivity index (χ1v) is 11.6. The number of nitrogens with one attached hydrogen (secondary N) is 1. The molecule has 0 bridgehead atoms. The molecule has 5 nitrogen and oxygen atoms in total. The van der Waals surface area contributed by atoms with E-state index in [-0.39, 0.29) is 11.9 Å². The molecule has 1 amide bonds. The van der Waals surface area contributed by atoms with Gasteiger partial charge in [-0.15, -0.1) is 11.8 Å². The average molecular weight is 437 g/mol. The lowest BCUT2D eigenvalue weighted by molar-refractivity contribution is -0.118. The smallest absolute Gasteiger partial charge is 0.230 e. The summed E-state index contributed by atoms with van der Waals surface area (Å²) >= 11 is 1.57. The van der Waals surface area contributed by atoms with Crippen LogP contribution < -0.4 is 10.1 Å². The molecule has 1 atom stereocenters. The number of morpholine rings is 1. The molecule has 31 heavy (non-hydrogen) atoms. The second kappa shape index (κ2) is 10.7. The summed E-state index contributed by atoms with van der Waals surface area (Å²) in [5, 5.41) is 5.55. The van der Waals surface area contributed by atoms with Crippen LogP contribution in [0.15, 0.2) is 71.6 Å². The van der Waals surface area contributed by atoms with E-state index >= 15 is 0 Å². The number of hydrogen-bond donors (Lipinski definition) is 1. The fourth-order valence-electron chi connectivity index (χ4n) is 3.84. The highest BCUT2D eigenvalue weighted by Crippen LogP contribution is 2.25. The van der Waals surface area contributed by atoms with Crippen molar-refractivity contribution in [3.8, 4) is 5.75 Å². The Morgan fingerprint density at radius 3 is 2.55 bits per heavy atom. The van der Waals surface area contributed by atoms with Crippen LogP contribution in [0.4, 0.5) is 0 Å². The van der Waals surface area contributed by atoms with Crippen LogP contribution in [0.5, 0.6) is 5.75 Å². The van der Waals surface area contributed by atoms with Crippen LogP contribution in [0.25, 0.3) is 10.8 Å². The number of nitrogens with zero attached hydrogens (tertiary/aromatic N) is 1. The Balaban J connectivity index is 1.36. The van der Waals surface area contributed by atoms with Gasteiger partial charge in [0.1, 0.15) is 5.75 Å². The molecule has 162 valence electrons. The molecule has 0 aromatic heterocycles. The van der Waals surface area contributed by atoms with Gasteiger partial charge in [0.25, 0.3) is 0 Å². The Bertz CT molecular complexity index is 1000. The van der Waals surface area contributed by atoms with E-state index in [1.807, 2.05) is 24.3 Å². The molecule has 1 saturated heterocycles. The van der Waals surface area contributed by atoms with E-state index in [0.717, 1.165) is 36.9 Å². The summed E-state index contributed by atoms with van der Waals surface area (Å²) in [4.78, 5) is 16.1. The Kier molecular flexibility index (Phi) is 7.46. The molecule has 1 aliphatic heterocycles. The van der Waals surface area contributed by atoms with Crippen LogP contribution in [-0.2, 0) is 9.53 Å². The van der Waals surface area contributed by atoms with Gasteiger partial charge in [0.05, 0.1) is 32.1 Å². The zero-order chi connectivity index (χ0) is 21.5. The van der Waals surface area contributed by atoms with Gasteiger partial charge in [0, 0.05) is 24.5 Å². The third-order valence-electron chi connectivity index (χ3n) is 5.57. The minimum atomic E-state index is 0.0462. The first-order valence-electron chi connectivity index (χ1n) is 10.6. The Morgan fingerprint density at radius 2 is 1.81 bits per heavy atom. The van der Waals surface area contributed by atoms with Crippen molar-refractivity contribution in [1.82, 2.24) is 10.2 Å². The maximum Gasteiger partial charge on any atom is 0.230 e. The molecule has 0 radical (unpaired) electrons. The third kappa shape index (κ3) is 5.79. The fraction of sp³-hybridized carbons (Fsp3) is 0.320. The number of benzene rings is 3. The van der Waals surface area contributed by atoms with E-state index in [0.29, 0.717) is 12.3 Å². The topological polar surface area (TPSA) is 50.8 Å². The molecule has 3 aromatic carbocycles. The Morgan fingerprint density at radius 1 is 1.06 bits per heavy atom. The molecular formula is C25H28N2O3S. The van der Waals surface area contributed by atoms with Crippen molar-refractivity contribution in [2.75, 3.05) is 45.7 Å². The Hall–Kier alpha value is -2.54. The summed E-state index contributed by atoms with van der Waals surface area (Å²) in [5.74, 6) is 1.28. The molecule has 0 unspecified atom stereocenters. The first kappa shape index (κ1) is 21.7. The summed E-state index contributed by atoms with van der Waals surface area (Å²) in [7, 11) is 1.67. The lowest BCUT2D eigenvalue weighted by Crippen LogP contribution is -2.44. The number of amides is 1. The number of carbonyl (C=O) groups is 1. The molecular weight excluding hydrogens is 408 g/mol. The van der Waals surface area contributed by atoms with E-state index in [1.165, 1.54) is 16.3 Å². The molecule has 1 heterocycles. The van der Waals surface area contributed by atoms with E-state index in [9.17, 15) is 4.79 Å². The van der Waals surface area contributed by atoms with Crippen molar-refractivity contribution < 1.29 is 14.3 Å². The van der Waals surface area contributed by atoms with Gasteiger partial charge in [-0.05, 0) is 40.6 Å². The van der Waals surface area contributed by atoms with Gasteiger partial charge >= 0.3 is 0 Å². The SMILES string of the molecule is COc1ccc([C@H](CNC(=O)CSc2ccc3ccccc3c2)N2CCOCC2)cc1. The second-order valence-electron chi connectivity index (χ2n) is 7.54. The van der Waals surface area contributed by atoms with Gasteiger partial charge in [-0.3, -0.25) is 9.69 Å². The summed E-state index contributed by atoms with van der Waals surface area (Å²) < 4.78 is 10.8. The van der Waals surface area contributed by atoms with Crippen LogP contribution in [-0.4, -0.2) is 56.5 Å². The van der Waals surface area contributed by atoms with Crippen molar-refractivity contribution in [2.45, 2.75) is 10.9 Å². The lowest BCUT2D eigenvalue weighted by atomic mass is 10.0. The molecule has 1 fully saturated rings. The van der Waals surface area contributed by atoms with Crippen LogP contribution in [0.3, 0.4) is 0 Å².